The van der Waals surface area contributed by atoms with Crippen LogP contribution in [0.4, 0.5) is 26.3 Å². The van der Waals surface area contributed by atoms with Crippen molar-refractivity contribution in [3.05, 3.63) is 46.7 Å². The highest BCUT2D eigenvalue weighted by molar-refractivity contribution is 6.30. The molecular weight excluding hydrogens is 452 g/mol. The van der Waals surface area contributed by atoms with Gasteiger partial charge in [0.25, 0.3) is 5.91 Å². The van der Waals surface area contributed by atoms with Gasteiger partial charge in [0, 0.05) is 29.7 Å². The van der Waals surface area contributed by atoms with Crippen LogP contribution < -0.4 is 0 Å². The normalized spacial score (nSPS) is 18.2. The van der Waals surface area contributed by atoms with E-state index >= 15 is 0 Å². The summed E-state index contributed by atoms with van der Waals surface area (Å²) in [6, 6.07) is 6.89. The minimum absolute atomic E-state index is 0.107. The van der Waals surface area contributed by atoms with Crippen LogP contribution in [0.25, 0.3) is 5.69 Å². The van der Waals surface area contributed by atoms with Crippen molar-refractivity contribution >= 4 is 17.5 Å². The topological polar surface area (TPSA) is 58.4 Å². The third-order valence-corrected chi connectivity index (χ3v) is 5.52. The number of piperidine rings is 1. The predicted octanol–water partition coefficient (Wildman–Crippen LogP) is 4.56. The molecule has 0 spiro atoms. The predicted molar refractivity (Wildman–Crippen MR) is 98.8 cm³/mol. The largest absolute Gasteiger partial charge is 0.435 e. The zero-order valence-electron chi connectivity index (χ0n) is 16.1. The number of carbonyl (C=O) groups excluding carboxylic acids is 1. The first kappa shape index (κ1) is 23.4. The number of aliphatic hydroxyl groups is 1. The lowest BCUT2D eigenvalue weighted by molar-refractivity contribution is -0.250. The molecule has 1 atom stereocenters. The molecule has 1 amide bonds. The van der Waals surface area contributed by atoms with Crippen molar-refractivity contribution in [1.29, 1.82) is 0 Å². The number of benzene rings is 1. The number of amides is 1. The van der Waals surface area contributed by atoms with Crippen molar-refractivity contribution in [1.82, 2.24) is 14.7 Å². The molecule has 1 N–H and O–H groups in total. The van der Waals surface area contributed by atoms with Gasteiger partial charge >= 0.3 is 12.4 Å². The first-order valence-electron chi connectivity index (χ1n) is 9.23. The Morgan fingerprint density at radius 2 is 1.65 bits per heavy atom. The number of halogens is 7. The maximum absolute atomic E-state index is 13.3. The van der Waals surface area contributed by atoms with E-state index < -0.39 is 35.5 Å². The fourth-order valence-electron chi connectivity index (χ4n) is 3.42. The van der Waals surface area contributed by atoms with Crippen molar-refractivity contribution in [2.24, 2.45) is 0 Å². The number of aromatic nitrogens is 2. The van der Waals surface area contributed by atoms with Gasteiger partial charge in [-0.05, 0) is 50.1 Å². The van der Waals surface area contributed by atoms with E-state index in [2.05, 4.69) is 5.10 Å². The van der Waals surface area contributed by atoms with Crippen LogP contribution in [0.1, 0.15) is 37.1 Å². The highest BCUT2D eigenvalue weighted by Gasteiger charge is 2.57. The number of likely N-dealkylation sites (tertiary alicyclic amines) is 1. The number of alkyl halides is 6. The van der Waals surface area contributed by atoms with Gasteiger partial charge in [0.15, 0.2) is 5.69 Å². The molecule has 2 heterocycles. The van der Waals surface area contributed by atoms with Crippen molar-refractivity contribution in [2.75, 3.05) is 13.1 Å². The van der Waals surface area contributed by atoms with Crippen LogP contribution in [0, 0.1) is 0 Å². The number of hydrogen-bond donors (Lipinski definition) is 1. The molecular formula is C19H18ClF6N3O2. The fourth-order valence-corrected chi connectivity index (χ4v) is 3.55. The summed E-state index contributed by atoms with van der Waals surface area (Å²) in [5.41, 5.74) is -4.07. The Labute approximate surface area is 178 Å². The minimum atomic E-state index is -5.14. The molecule has 0 aliphatic carbocycles. The van der Waals surface area contributed by atoms with E-state index in [0.717, 1.165) is 15.6 Å². The van der Waals surface area contributed by atoms with E-state index in [4.69, 9.17) is 11.6 Å². The molecule has 1 aliphatic heterocycles. The lowest BCUT2D eigenvalue weighted by Crippen LogP contribution is -2.57. The Hall–Kier alpha value is -2.27. The quantitative estimate of drug-likeness (QED) is 0.670. The van der Waals surface area contributed by atoms with E-state index in [0.29, 0.717) is 17.6 Å². The molecule has 1 saturated heterocycles. The van der Waals surface area contributed by atoms with E-state index in [1.54, 1.807) is 0 Å². The average Bonchev–Trinajstić information content (AvgIpc) is 3.13. The molecule has 1 aromatic heterocycles. The highest BCUT2D eigenvalue weighted by atomic mass is 35.5. The SMILES string of the molecule is C[C@@](O)(C(=O)N1CCC(c2cc(C(F)(F)F)nn2-c2ccc(Cl)cc2)CC1)C(F)(F)F. The van der Waals surface area contributed by atoms with Crippen LogP contribution in [0.15, 0.2) is 30.3 Å². The third-order valence-electron chi connectivity index (χ3n) is 5.27. The molecule has 2 aromatic rings. The third kappa shape index (κ3) is 4.67. The van der Waals surface area contributed by atoms with Gasteiger partial charge in [0.05, 0.1) is 5.69 Å². The lowest BCUT2D eigenvalue weighted by Gasteiger charge is -2.36. The van der Waals surface area contributed by atoms with Crippen LogP contribution >= 0.6 is 11.6 Å². The molecule has 1 aliphatic rings. The zero-order valence-corrected chi connectivity index (χ0v) is 16.9. The van der Waals surface area contributed by atoms with Gasteiger partial charge in [-0.1, -0.05) is 11.6 Å². The summed E-state index contributed by atoms with van der Waals surface area (Å²) in [7, 11) is 0. The smallest absolute Gasteiger partial charge is 0.373 e. The monoisotopic (exact) mass is 469 g/mol. The summed E-state index contributed by atoms with van der Waals surface area (Å²) in [5.74, 6) is -1.97. The minimum Gasteiger partial charge on any atom is -0.373 e. The average molecular weight is 470 g/mol. The van der Waals surface area contributed by atoms with Crippen molar-refractivity contribution in [2.45, 2.75) is 43.6 Å². The molecule has 0 saturated carbocycles. The molecule has 1 aromatic carbocycles. The second-order valence-electron chi connectivity index (χ2n) is 7.48. The van der Waals surface area contributed by atoms with Crippen LogP contribution in [-0.4, -0.2) is 50.6 Å². The Bertz CT molecular complexity index is 945. The second kappa shape index (κ2) is 8.01. The maximum atomic E-state index is 13.3. The van der Waals surface area contributed by atoms with Gasteiger partial charge in [0.1, 0.15) is 0 Å². The molecule has 31 heavy (non-hydrogen) atoms. The van der Waals surface area contributed by atoms with E-state index in [-0.39, 0.29) is 31.6 Å². The Morgan fingerprint density at radius 3 is 2.13 bits per heavy atom. The van der Waals surface area contributed by atoms with E-state index in [9.17, 15) is 36.2 Å². The fraction of sp³-hybridized carbons (Fsp3) is 0.474. The summed E-state index contributed by atoms with van der Waals surface area (Å²) in [5, 5.41) is 13.6. The summed E-state index contributed by atoms with van der Waals surface area (Å²) < 4.78 is 79.7. The van der Waals surface area contributed by atoms with Crippen molar-refractivity contribution < 1.29 is 36.2 Å². The molecule has 0 unspecified atom stereocenters. The van der Waals surface area contributed by atoms with Crippen LogP contribution in [0.5, 0.6) is 0 Å². The summed E-state index contributed by atoms with van der Waals surface area (Å²) in [6.07, 6.45) is -9.61. The Morgan fingerprint density at radius 1 is 1.10 bits per heavy atom. The summed E-state index contributed by atoms with van der Waals surface area (Å²) in [6.45, 7) is 0.0817. The molecule has 0 bridgehead atoms. The standard InChI is InChI=1S/C19H18ClF6N3O2/c1-17(31,19(24,25)26)16(30)28-8-6-11(7-9-28)14-10-15(18(21,22)23)27-29(14)13-4-2-12(20)3-5-13/h2-5,10-11,31H,6-9H2,1H3/t17-/m1/s1. The Kier molecular flexibility index (Phi) is 6.05. The molecule has 12 heteroatoms. The highest BCUT2D eigenvalue weighted by Crippen LogP contribution is 2.37. The van der Waals surface area contributed by atoms with Gasteiger partial charge < -0.3 is 10.0 Å². The van der Waals surface area contributed by atoms with Crippen LogP contribution in [0.3, 0.4) is 0 Å². The molecule has 1 fully saturated rings. The van der Waals surface area contributed by atoms with E-state index in [1.165, 1.54) is 24.3 Å². The van der Waals surface area contributed by atoms with Crippen LogP contribution in [-0.2, 0) is 11.0 Å². The van der Waals surface area contributed by atoms with E-state index in [1.807, 2.05) is 0 Å². The number of hydrogen-bond acceptors (Lipinski definition) is 3. The van der Waals surface area contributed by atoms with Gasteiger partial charge in [0.2, 0.25) is 5.60 Å². The van der Waals surface area contributed by atoms with Crippen molar-refractivity contribution in [3.63, 3.8) is 0 Å². The first-order valence-corrected chi connectivity index (χ1v) is 9.61. The summed E-state index contributed by atoms with van der Waals surface area (Å²) >= 11 is 5.83. The van der Waals surface area contributed by atoms with Crippen LogP contribution in [0.2, 0.25) is 5.02 Å². The number of rotatable bonds is 3. The van der Waals surface area contributed by atoms with Gasteiger partial charge in [-0.2, -0.15) is 31.4 Å². The molecule has 3 rings (SSSR count). The Balaban J connectivity index is 1.85. The number of nitrogens with zero attached hydrogens (tertiary/aromatic N) is 3. The van der Waals surface area contributed by atoms with Gasteiger partial charge in [-0.15, -0.1) is 0 Å². The first-order chi connectivity index (χ1) is 14.2. The summed E-state index contributed by atoms with van der Waals surface area (Å²) in [4.78, 5) is 13.0. The second-order valence-corrected chi connectivity index (χ2v) is 7.91. The van der Waals surface area contributed by atoms with Gasteiger partial charge in [-0.25, -0.2) is 4.68 Å². The molecule has 0 radical (unpaired) electrons. The zero-order chi connectivity index (χ0) is 23.2. The molecule has 5 nitrogen and oxygen atoms in total. The maximum Gasteiger partial charge on any atom is 0.435 e. The lowest BCUT2D eigenvalue weighted by atomic mass is 9.91. The van der Waals surface area contributed by atoms with Gasteiger partial charge in [-0.3, -0.25) is 4.79 Å². The molecule has 170 valence electrons. The number of carbonyl (C=O) groups is 1. The van der Waals surface area contributed by atoms with Crippen molar-refractivity contribution in [3.8, 4) is 5.69 Å².